The maximum Gasteiger partial charge on any atom is 0.0574 e. The molecule has 0 aliphatic carbocycles. The number of nitrogens with one attached hydrogen (secondary N) is 1. The topological polar surface area (TPSA) is 41.3 Å². The number of nitrogen functional groups attached to an aromatic ring is 1. The van der Waals surface area contributed by atoms with E-state index in [0.717, 1.165) is 24.5 Å². The van der Waals surface area contributed by atoms with Crippen molar-refractivity contribution in [3.05, 3.63) is 23.8 Å². The van der Waals surface area contributed by atoms with Crippen molar-refractivity contribution in [3.63, 3.8) is 0 Å². The molecule has 3 nitrogen and oxygen atoms in total. The van der Waals surface area contributed by atoms with Gasteiger partial charge in [-0.15, -0.1) is 0 Å². The number of benzene rings is 1. The smallest absolute Gasteiger partial charge is 0.0574 e. The van der Waals surface area contributed by atoms with Gasteiger partial charge in [-0.3, -0.25) is 0 Å². The van der Waals surface area contributed by atoms with Gasteiger partial charge in [0.1, 0.15) is 0 Å². The Morgan fingerprint density at radius 1 is 1.41 bits per heavy atom. The Kier molecular flexibility index (Phi) is 5.29. The third-order valence-electron chi connectivity index (χ3n) is 3.33. The zero-order valence-corrected chi connectivity index (χ0v) is 11.5. The number of rotatable bonds is 6. The van der Waals surface area contributed by atoms with Gasteiger partial charge in [0.05, 0.1) is 11.4 Å². The molecule has 0 saturated carbocycles. The molecule has 0 radical (unpaired) electrons. The van der Waals surface area contributed by atoms with Crippen molar-refractivity contribution in [2.75, 3.05) is 31.2 Å². The predicted octanol–water partition coefficient (Wildman–Crippen LogP) is 2.72. The molecule has 1 aromatic rings. The Morgan fingerprint density at radius 3 is 2.71 bits per heavy atom. The van der Waals surface area contributed by atoms with E-state index in [0.29, 0.717) is 6.04 Å². The lowest BCUT2D eigenvalue weighted by Crippen LogP contribution is -2.32. The lowest BCUT2D eigenvalue weighted by Gasteiger charge is -2.23. The first-order valence-electron chi connectivity index (χ1n) is 6.34. The molecule has 0 amide bonds. The van der Waals surface area contributed by atoms with Crippen molar-refractivity contribution in [2.45, 2.75) is 33.2 Å². The minimum Gasteiger partial charge on any atom is -0.397 e. The summed E-state index contributed by atoms with van der Waals surface area (Å²) in [5.41, 5.74) is 9.01. The highest BCUT2D eigenvalue weighted by molar-refractivity contribution is 5.66. The van der Waals surface area contributed by atoms with Crippen LogP contribution in [0.3, 0.4) is 0 Å². The van der Waals surface area contributed by atoms with Crippen LogP contribution in [-0.4, -0.2) is 31.1 Å². The highest BCUT2D eigenvalue weighted by Gasteiger charge is 2.06. The van der Waals surface area contributed by atoms with Crippen LogP contribution in [0.15, 0.2) is 18.2 Å². The molecule has 1 atom stereocenters. The van der Waals surface area contributed by atoms with Gasteiger partial charge < -0.3 is 16.0 Å². The van der Waals surface area contributed by atoms with E-state index in [9.17, 15) is 0 Å². The van der Waals surface area contributed by atoms with E-state index < -0.39 is 0 Å². The molecule has 0 spiro atoms. The van der Waals surface area contributed by atoms with Gasteiger partial charge >= 0.3 is 0 Å². The second-order valence-electron chi connectivity index (χ2n) is 4.76. The van der Waals surface area contributed by atoms with Crippen molar-refractivity contribution in [1.29, 1.82) is 0 Å². The van der Waals surface area contributed by atoms with Crippen molar-refractivity contribution in [3.8, 4) is 0 Å². The van der Waals surface area contributed by atoms with Gasteiger partial charge in [0.2, 0.25) is 0 Å². The number of anilines is 2. The van der Waals surface area contributed by atoms with Gasteiger partial charge in [0.25, 0.3) is 0 Å². The summed E-state index contributed by atoms with van der Waals surface area (Å²) in [7, 11) is 2.16. The van der Waals surface area contributed by atoms with Crippen LogP contribution in [0.25, 0.3) is 0 Å². The molecule has 3 heteroatoms. The number of likely N-dealkylation sites (N-methyl/N-ethyl adjacent to an activating group) is 1. The first kappa shape index (κ1) is 13.8. The molecule has 0 fully saturated rings. The minimum atomic E-state index is 0.632. The molecule has 1 rings (SSSR count). The molecule has 0 heterocycles. The summed E-state index contributed by atoms with van der Waals surface area (Å²) in [4.78, 5) is 2.36. The van der Waals surface area contributed by atoms with Crippen LogP contribution < -0.4 is 11.1 Å². The van der Waals surface area contributed by atoms with E-state index in [1.54, 1.807) is 0 Å². The standard InChI is InChI=1S/C14H25N3/c1-5-12(3)17(4)9-8-16-14-7-6-11(2)10-13(14)15/h6-7,10,12,16H,5,8-9,15H2,1-4H3. The molecule has 17 heavy (non-hydrogen) atoms. The maximum atomic E-state index is 5.95. The second kappa shape index (κ2) is 6.50. The van der Waals surface area contributed by atoms with Gasteiger partial charge in [-0.05, 0) is 45.0 Å². The van der Waals surface area contributed by atoms with Crippen LogP contribution in [0.4, 0.5) is 11.4 Å². The Hall–Kier alpha value is -1.22. The second-order valence-corrected chi connectivity index (χ2v) is 4.76. The first-order chi connectivity index (χ1) is 8.04. The predicted molar refractivity (Wildman–Crippen MR) is 76.5 cm³/mol. The van der Waals surface area contributed by atoms with Crippen molar-refractivity contribution in [1.82, 2.24) is 4.90 Å². The zero-order chi connectivity index (χ0) is 12.8. The number of nitrogens with two attached hydrogens (primary N) is 1. The maximum absolute atomic E-state index is 5.95. The number of hydrogen-bond acceptors (Lipinski definition) is 3. The van der Waals surface area contributed by atoms with Crippen molar-refractivity contribution >= 4 is 11.4 Å². The summed E-state index contributed by atoms with van der Waals surface area (Å²) >= 11 is 0. The van der Waals surface area contributed by atoms with Crippen molar-refractivity contribution in [2.24, 2.45) is 0 Å². The molecular formula is C14H25N3. The minimum absolute atomic E-state index is 0.632. The largest absolute Gasteiger partial charge is 0.397 e. The van der Waals surface area contributed by atoms with Gasteiger partial charge in [-0.1, -0.05) is 13.0 Å². The molecule has 1 aromatic carbocycles. The summed E-state index contributed by atoms with van der Waals surface area (Å²) in [5.74, 6) is 0. The average molecular weight is 235 g/mol. The van der Waals surface area contributed by atoms with Crippen LogP contribution in [-0.2, 0) is 0 Å². The lowest BCUT2D eigenvalue weighted by molar-refractivity contribution is 0.261. The Labute approximate surface area is 105 Å². The number of nitrogens with zero attached hydrogens (tertiary/aromatic N) is 1. The van der Waals surface area contributed by atoms with Gasteiger partial charge in [-0.2, -0.15) is 0 Å². The summed E-state index contributed by atoms with van der Waals surface area (Å²) in [5, 5.41) is 3.38. The molecule has 0 aliphatic rings. The van der Waals surface area contributed by atoms with E-state index in [1.807, 2.05) is 12.1 Å². The van der Waals surface area contributed by atoms with E-state index in [2.05, 4.69) is 44.1 Å². The molecular weight excluding hydrogens is 210 g/mol. The summed E-state index contributed by atoms with van der Waals surface area (Å²) in [6, 6.07) is 6.76. The molecule has 96 valence electrons. The van der Waals surface area contributed by atoms with Crippen LogP contribution in [0.2, 0.25) is 0 Å². The normalized spacial score (nSPS) is 12.8. The zero-order valence-electron chi connectivity index (χ0n) is 11.5. The van der Waals surface area contributed by atoms with Crippen LogP contribution in [0.5, 0.6) is 0 Å². The van der Waals surface area contributed by atoms with Crippen LogP contribution >= 0.6 is 0 Å². The highest BCUT2D eigenvalue weighted by Crippen LogP contribution is 2.18. The summed E-state index contributed by atoms with van der Waals surface area (Å²) < 4.78 is 0. The van der Waals surface area contributed by atoms with Gasteiger partial charge in [-0.25, -0.2) is 0 Å². The Morgan fingerprint density at radius 2 is 2.12 bits per heavy atom. The Bertz CT molecular complexity index is 349. The molecule has 3 N–H and O–H groups in total. The lowest BCUT2D eigenvalue weighted by atomic mass is 10.2. The van der Waals surface area contributed by atoms with Crippen molar-refractivity contribution < 1.29 is 0 Å². The molecule has 0 aliphatic heterocycles. The fourth-order valence-corrected chi connectivity index (χ4v) is 1.74. The summed E-state index contributed by atoms with van der Waals surface area (Å²) in [6.45, 7) is 8.47. The highest BCUT2D eigenvalue weighted by atomic mass is 15.1. The van der Waals surface area contributed by atoms with E-state index in [1.165, 1.54) is 12.0 Å². The number of hydrogen-bond donors (Lipinski definition) is 2. The third kappa shape index (κ3) is 4.27. The molecule has 0 aromatic heterocycles. The van der Waals surface area contributed by atoms with Crippen LogP contribution in [0.1, 0.15) is 25.8 Å². The fourth-order valence-electron chi connectivity index (χ4n) is 1.74. The van der Waals surface area contributed by atoms with Gasteiger partial charge in [0, 0.05) is 19.1 Å². The molecule has 0 saturated heterocycles. The van der Waals surface area contributed by atoms with E-state index in [-0.39, 0.29) is 0 Å². The molecule has 0 bridgehead atoms. The first-order valence-corrected chi connectivity index (χ1v) is 6.34. The SMILES string of the molecule is CCC(C)N(C)CCNc1ccc(C)cc1N. The van der Waals surface area contributed by atoms with E-state index >= 15 is 0 Å². The van der Waals surface area contributed by atoms with Crippen LogP contribution in [0, 0.1) is 6.92 Å². The average Bonchev–Trinajstić information content (AvgIpc) is 2.30. The van der Waals surface area contributed by atoms with E-state index in [4.69, 9.17) is 5.73 Å². The quantitative estimate of drug-likeness (QED) is 0.745. The Balaban J connectivity index is 2.40. The molecule has 1 unspecified atom stereocenters. The fraction of sp³-hybridized carbons (Fsp3) is 0.571. The number of aryl methyl sites for hydroxylation is 1. The summed E-state index contributed by atoms with van der Waals surface area (Å²) in [6.07, 6.45) is 1.18. The van der Waals surface area contributed by atoms with Gasteiger partial charge in [0.15, 0.2) is 0 Å². The third-order valence-corrected chi connectivity index (χ3v) is 3.33. The monoisotopic (exact) mass is 235 g/mol.